The van der Waals surface area contributed by atoms with Crippen molar-refractivity contribution in [2.24, 2.45) is 0 Å². The minimum Gasteiger partial charge on any atom is -0.335 e. The number of nitrogens with zero attached hydrogens (tertiary/aromatic N) is 1. The van der Waals surface area contributed by atoms with E-state index in [-0.39, 0.29) is 11.7 Å². The summed E-state index contributed by atoms with van der Waals surface area (Å²) in [4.78, 5) is 25.1. The van der Waals surface area contributed by atoms with E-state index in [0.717, 1.165) is 19.4 Å². The molecule has 0 unspecified atom stereocenters. The molecular formula is C16H21NO2. The minimum atomic E-state index is 0.105. The molecule has 1 aromatic carbocycles. The van der Waals surface area contributed by atoms with Crippen molar-refractivity contribution in [3.8, 4) is 0 Å². The fourth-order valence-electron chi connectivity index (χ4n) is 2.58. The van der Waals surface area contributed by atoms with Gasteiger partial charge in [-0.15, -0.1) is 0 Å². The molecule has 0 radical (unpaired) electrons. The van der Waals surface area contributed by atoms with Gasteiger partial charge in [0, 0.05) is 19.4 Å². The van der Waals surface area contributed by atoms with Gasteiger partial charge < -0.3 is 4.90 Å². The Labute approximate surface area is 114 Å². The maximum absolute atomic E-state index is 12.1. The molecule has 0 aliphatic carbocycles. The van der Waals surface area contributed by atoms with Crippen molar-refractivity contribution in [3.05, 3.63) is 34.9 Å². The van der Waals surface area contributed by atoms with E-state index in [1.165, 1.54) is 16.7 Å². The summed E-state index contributed by atoms with van der Waals surface area (Å²) in [5.74, 6) is 0.291. The summed E-state index contributed by atoms with van der Waals surface area (Å²) >= 11 is 0. The van der Waals surface area contributed by atoms with Crippen molar-refractivity contribution >= 4 is 11.7 Å². The molecule has 1 aliphatic heterocycles. The third kappa shape index (κ3) is 3.66. The monoisotopic (exact) mass is 259 g/mol. The highest BCUT2D eigenvalue weighted by molar-refractivity contribution is 5.87. The summed E-state index contributed by atoms with van der Waals surface area (Å²) in [5.41, 5.74) is 3.71. The molecule has 3 heteroatoms. The lowest BCUT2D eigenvalue weighted by molar-refractivity contribution is -0.137. The van der Waals surface area contributed by atoms with Gasteiger partial charge >= 0.3 is 0 Å². The number of benzene rings is 1. The molecule has 1 aromatic rings. The number of amides is 1. The molecule has 19 heavy (non-hydrogen) atoms. The molecular weight excluding hydrogens is 238 g/mol. The largest absolute Gasteiger partial charge is 0.335 e. The average Bonchev–Trinajstić information content (AvgIpc) is 2.37. The lowest BCUT2D eigenvalue weighted by Gasteiger charge is -2.25. The second-order valence-electron chi connectivity index (χ2n) is 5.39. The molecule has 0 bridgehead atoms. The van der Waals surface area contributed by atoms with E-state index in [9.17, 15) is 9.59 Å². The molecule has 0 spiro atoms. The summed E-state index contributed by atoms with van der Waals surface area (Å²) in [7, 11) is 0. The molecule has 2 rings (SSSR count). The lowest BCUT2D eigenvalue weighted by atomic mass is 10.0. The molecule has 1 aliphatic rings. The number of hydrogen-bond acceptors (Lipinski definition) is 2. The number of hydrogen-bond donors (Lipinski definition) is 0. The second kappa shape index (κ2) is 6.00. The number of rotatable bonds is 3. The van der Waals surface area contributed by atoms with Crippen LogP contribution in [-0.2, 0) is 16.0 Å². The van der Waals surface area contributed by atoms with Crippen molar-refractivity contribution in [2.45, 2.75) is 39.5 Å². The summed E-state index contributed by atoms with van der Waals surface area (Å²) in [6.45, 7) is 5.20. The van der Waals surface area contributed by atoms with E-state index in [2.05, 4.69) is 32.0 Å². The first-order chi connectivity index (χ1) is 9.06. The third-order valence-electron chi connectivity index (χ3n) is 3.71. The van der Waals surface area contributed by atoms with Gasteiger partial charge in [0.2, 0.25) is 5.91 Å². The van der Waals surface area contributed by atoms with Crippen molar-refractivity contribution in [3.63, 3.8) is 0 Å². The summed E-state index contributed by atoms with van der Waals surface area (Å²) in [6.07, 6.45) is 2.70. The molecule has 1 heterocycles. The van der Waals surface area contributed by atoms with Gasteiger partial charge in [0.25, 0.3) is 0 Å². The van der Waals surface area contributed by atoms with Crippen LogP contribution < -0.4 is 0 Å². The van der Waals surface area contributed by atoms with E-state index in [0.29, 0.717) is 19.4 Å². The summed E-state index contributed by atoms with van der Waals surface area (Å²) in [6, 6.07) is 6.32. The highest BCUT2D eigenvalue weighted by Gasteiger charge is 2.21. The molecule has 0 saturated carbocycles. The van der Waals surface area contributed by atoms with Crippen molar-refractivity contribution in [1.82, 2.24) is 4.90 Å². The number of aryl methyl sites for hydroxylation is 3. The number of carbonyl (C=O) groups is 2. The lowest BCUT2D eigenvalue weighted by Crippen LogP contribution is -2.40. The first kappa shape index (κ1) is 13.8. The molecule has 1 fully saturated rings. The molecule has 0 N–H and O–H groups in total. The molecule has 1 amide bonds. The van der Waals surface area contributed by atoms with Crippen molar-refractivity contribution in [2.75, 3.05) is 13.1 Å². The van der Waals surface area contributed by atoms with Crippen LogP contribution in [0.3, 0.4) is 0 Å². The molecule has 0 aromatic heterocycles. The SMILES string of the molecule is Cc1ccc(CCC(=O)N2CCCC(=O)C2)c(C)c1. The molecule has 1 saturated heterocycles. The van der Waals surface area contributed by atoms with Gasteiger partial charge in [-0.1, -0.05) is 23.8 Å². The van der Waals surface area contributed by atoms with Gasteiger partial charge in [-0.25, -0.2) is 0 Å². The Hall–Kier alpha value is -1.64. The highest BCUT2D eigenvalue weighted by Crippen LogP contribution is 2.14. The molecule has 102 valence electrons. The highest BCUT2D eigenvalue weighted by atomic mass is 16.2. The Morgan fingerprint density at radius 3 is 2.79 bits per heavy atom. The zero-order chi connectivity index (χ0) is 13.8. The summed E-state index contributed by atoms with van der Waals surface area (Å²) < 4.78 is 0. The quantitative estimate of drug-likeness (QED) is 0.836. The van der Waals surface area contributed by atoms with Crippen LogP contribution in [0.2, 0.25) is 0 Å². The zero-order valence-corrected chi connectivity index (χ0v) is 11.7. The zero-order valence-electron chi connectivity index (χ0n) is 11.7. The molecule has 3 nitrogen and oxygen atoms in total. The fraction of sp³-hybridized carbons (Fsp3) is 0.500. The maximum Gasteiger partial charge on any atom is 0.223 e. The van der Waals surface area contributed by atoms with Crippen LogP contribution in [0.4, 0.5) is 0 Å². The Bertz CT molecular complexity index is 494. The van der Waals surface area contributed by atoms with Crippen LogP contribution in [0.15, 0.2) is 18.2 Å². The van der Waals surface area contributed by atoms with E-state index < -0.39 is 0 Å². The Balaban J connectivity index is 1.91. The van der Waals surface area contributed by atoms with Gasteiger partial charge in [0.15, 0.2) is 5.78 Å². The number of piperidine rings is 1. The van der Waals surface area contributed by atoms with E-state index >= 15 is 0 Å². The van der Waals surface area contributed by atoms with Gasteiger partial charge in [-0.3, -0.25) is 9.59 Å². The third-order valence-corrected chi connectivity index (χ3v) is 3.71. The smallest absolute Gasteiger partial charge is 0.223 e. The first-order valence-electron chi connectivity index (χ1n) is 6.92. The normalized spacial score (nSPS) is 15.7. The molecule has 0 atom stereocenters. The van der Waals surface area contributed by atoms with E-state index in [1.807, 2.05) is 0 Å². The van der Waals surface area contributed by atoms with Gasteiger partial charge in [0.1, 0.15) is 0 Å². The number of carbonyl (C=O) groups excluding carboxylic acids is 2. The van der Waals surface area contributed by atoms with Gasteiger partial charge in [-0.2, -0.15) is 0 Å². The van der Waals surface area contributed by atoms with Crippen LogP contribution in [0.5, 0.6) is 0 Å². The van der Waals surface area contributed by atoms with E-state index in [1.54, 1.807) is 4.90 Å². The van der Waals surface area contributed by atoms with Crippen molar-refractivity contribution in [1.29, 1.82) is 0 Å². The Morgan fingerprint density at radius 2 is 2.11 bits per heavy atom. The number of ketones is 1. The summed E-state index contributed by atoms with van der Waals surface area (Å²) in [5, 5.41) is 0. The predicted octanol–water partition coefficient (Wildman–Crippen LogP) is 2.43. The average molecular weight is 259 g/mol. The standard InChI is InChI=1S/C16H21NO2/c1-12-5-6-14(13(2)10-12)7-8-16(19)17-9-3-4-15(18)11-17/h5-6,10H,3-4,7-9,11H2,1-2H3. The minimum absolute atomic E-state index is 0.105. The maximum atomic E-state index is 12.1. The van der Waals surface area contributed by atoms with Gasteiger partial charge in [0.05, 0.1) is 6.54 Å². The topological polar surface area (TPSA) is 37.4 Å². The fourth-order valence-corrected chi connectivity index (χ4v) is 2.58. The van der Waals surface area contributed by atoms with Crippen LogP contribution in [0.25, 0.3) is 0 Å². The number of Topliss-reactive ketones (excluding diaryl/α,β-unsaturated/α-hetero) is 1. The Morgan fingerprint density at radius 1 is 1.32 bits per heavy atom. The van der Waals surface area contributed by atoms with Crippen molar-refractivity contribution < 1.29 is 9.59 Å². The van der Waals surface area contributed by atoms with Crippen LogP contribution in [-0.4, -0.2) is 29.7 Å². The van der Waals surface area contributed by atoms with Crippen LogP contribution >= 0.6 is 0 Å². The number of likely N-dealkylation sites (tertiary alicyclic amines) is 1. The van der Waals surface area contributed by atoms with Gasteiger partial charge in [-0.05, 0) is 37.8 Å². The van der Waals surface area contributed by atoms with Crippen LogP contribution in [0.1, 0.15) is 36.0 Å². The first-order valence-corrected chi connectivity index (χ1v) is 6.92. The predicted molar refractivity (Wildman–Crippen MR) is 75.1 cm³/mol. The Kier molecular flexibility index (Phi) is 4.35. The second-order valence-corrected chi connectivity index (χ2v) is 5.39. The van der Waals surface area contributed by atoms with E-state index in [4.69, 9.17) is 0 Å². The van der Waals surface area contributed by atoms with Crippen LogP contribution in [0, 0.1) is 13.8 Å².